The van der Waals surface area contributed by atoms with Crippen molar-refractivity contribution >= 4 is 11.6 Å². The predicted octanol–water partition coefficient (Wildman–Crippen LogP) is 3.44. The smallest absolute Gasteiger partial charge is 0.274 e. The molecule has 1 N–H and O–H groups in total. The van der Waals surface area contributed by atoms with Crippen molar-refractivity contribution in [2.24, 2.45) is 0 Å². The third-order valence-corrected chi connectivity index (χ3v) is 4.69. The molecule has 9 nitrogen and oxygen atoms in total. The number of anilines is 1. The topological polar surface area (TPSA) is 115 Å². The average molecular weight is 413 g/mol. The first kappa shape index (κ1) is 18.4. The molecule has 4 aromatic rings. The first-order chi connectivity index (χ1) is 15.2. The molecule has 5 rings (SSSR count). The van der Waals surface area contributed by atoms with Gasteiger partial charge in [-0.25, -0.2) is 0 Å². The number of hydrogen-bond donors (Lipinski definition) is 1. The van der Waals surface area contributed by atoms with Gasteiger partial charge in [0.05, 0.1) is 11.6 Å². The van der Waals surface area contributed by atoms with Crippen LogP contribution in [-0.4, -0.2) is 27.4 Å². The van der Waals surface area contributed by atoms with E-state index in [1.54, 1.807) is 59.3 Å². The van der Waals surface area contributed by atoms with Gasteiger partial charge in [-0.3, -0.25) is 4.79 Å². The van der Waals surface area contributed by atoms with Crippen LogP contribution in [0.4, 0.5) is 5.69 Å². The first-order valence-electron chi connectivity index (χ1n) is 9.39. The predicted molar refractivity (Wildman–Crippen MR) is 109 cm³/mol. The molecule has 1 aliphatic heterocycles. The summed E-state index contributed by atoms with van der Waals surface area (Å²) in [6, 6.07) is 17.8. The number of carbonyl (C=O) groups excluding carboxylic acids is 1. The van der Waals surface area contributed by atoms with Crippen LogP contribution in [0, 0.1) is 11.3 Å². The Labute approximate surface area is 176 Å². The van der Waals surface area contributed by atoms with Gasteiger partial charge in [-0.2, -0.15) is 10.2 Å². The molecular formula is C22H15N5O4. The van der Waals surface area contributed by atoms with E-state index >= 15 is 0 Å². The van der Waals surface area contributed by atoms with Crippen LogP contribution < -0.4 is 14.8 Å². The minimum Gasteiger partial charge on any atom is -0.454 e. The van der Waals surface area contributed by atoms with Gasteiger partial charge in [0, 0.05) is 17.4 Å². The molecule has 0 radical (unpaired) electrons. The van der Waals surface area contributed by atoms with E-state index in [9.17, 15) is 4.79 Å². The number of carbonyl (C=O) groups is 1. The number of ether oxygens (including phenoxy) is 2. The van der Waals surface area contributed by atoms with E-state index in [0.29, 0.717) is 34.3 Å². The van der Waals surface area contributed by atoms with Crippen LogP contribution in [0.3, 0.4) is 0 Å². The lowest BCUT2D eigenvalue weighted by Gasteiger charge is -2.08. The van der Waals surface area contributed by atoms with Crippen molar-refractivity contribution in [3.05, 3.63) is 66.4 Å². The van der Waals surface area contributed by atoms with E-state index in [1.807, 2.05) is 12.1 Å². The molecule has 1 amide bonds. The number of fused-ring (bicyclic) bond motifs is 1. The lowest BCUT2D eigenvalue weighted by Crippen LogP contribution is -2.18. The SMILES string of the molecule is N#Cc1cccc(NC(=O)Cn2cccc2-c2nc(-c3ccc4c(c3)OCO4)no2)c1. The average Bonchev–Trinajstić information content (AvgIpc) is 3.53. The first-order valence-corrected chi connectivity index (χ1v) is 9.39. The van der Waals surface area contributed by atoms with Crippen molar-refractivity contribution in [2.45, 2.75) is 6.54 Å². The maximum atomic E-state index is 12.5. The minimum atomic E-state index is -0.247. The van der Waals surface area contributed by atoms with Crippen LogP contribution in [0.2, 0.25) is 0 Å². The Bertz CT molecular complexity index is 1320. The molecule has 0 bridgehead atoms. The number of benzene rings is 2. The highest BCUT2D eigenvalue weighted by molar-refractivity contribution is 5.91. The third kappa shape index (κ3) is 3.70. The van der Waals surface area contributed by atoms with Crippen molar-refractivity contribution in [1.82, 2.24) is 14.7 Å². The van der Waals surface area contributed by atoms with Crippen molar-refractivity contribution in [3.63, 3.8) is 0 Å². The normalized spacial score (nSPS) is 11.8. The fourth-order valence-electron chi connectivity index (χ4n) is 3.25. The number of nitrogens with zero attached hydrogens (tertiary/aromatic N) is 4. The van der Waals surface area contributed by atoms with Gasteiger partial charge in [0.25, 0.3) is 5.89 Å². The molecule has 0 unspecified atom stereocenters. The highest BCUT2D eigenvalue weighted by atomic mass is 16.7. The van der Waals surface area contributed by atoms with Gasteiger partial charge >= 0.3 is 0 Å². The van der Waals surface area contributed by atoms with E-state index < -0.39 is 0 Å². The number of hydrogen-bond acceptors (Lipinski definition) is 7. The highest BCUT2D eigenvalue weighted by Crippen LogP contribution is 2.35. The maximum absolute atomic E-state index is 12.5. The van der Waals surface area contributed by atoms with Crippen molar-refractivity contribution in [2.75, 3.05) is 12.1 Å². The molecular weight excluding hydrogens is 398 g/mol. The van der Waals surface area contributed by atoms with Crippen molar-refractivity contribution in [3.8, 4) is 40.5 Å². The maximum Gasteiger partial charge on any atom is 0.274 e. The summed E-state index contributed by atoms with van der Waals surface area (Å²) in [6.07, 6.45) is 1.76. The molecule has 2 aromatic carbocycles. The summed E-state index contributed by atoms with van der Waals surface area (Å²) in [5.74, 6) is 1.75. The van der Waals surface area contributed by atoms with Gasteiger partial charge in [-0.15, -0.1) is 0 Å². The van der Waals surface area contributed by atoms with Gasteiger partial charge in [-0.05, 0) is 48.5 Å². The molecule has 0 spiro atoms. The monoisotopic (exact) mass is 413 g/mol. The van der Waals surface area contributed by atoms with Crippen LogP contribution in [0.1, 0.15) is 5.56 Å². The zero-order valence-corrected chi connectivity index (χ0v) is 16.1. The summed E-state index contributed by atoms with van der Waals surface area (Å²) >= 11 is 0. The Morgan fingerprint density at radius 3 is 2.94 bits per heavy atom. The zero-order valence-electron chi connectivity index (χ0n) is 16.1. The Hall–Kier alpha value is -4.58. The summed E-state index contributed by atoms with van der Waals surface area (Å²) in [6.45, 7) is 0.230. The summed E-state index contributed by atoms with van der Waals surface area (Å²) < 4.78 is 17.8. The van der Waals surface area contributed by atoms with Crippen LogP contribution in [0.15, 0.2) is 65.3 Å². The second-order valence-corrected chi connectivity index (χ2v) is 6.75. The van der Waals surface area contributed by atoms with Crippen molar-refractivity contribution < 1.29 is 18.8 Å². The third-order valence-electron chi connectivity index (χ3n) is 4.69. The van der Waals surface area contributed by atoms with E-state index in [2.05, 4.69) is 15.5 Å². The van der Waals surface area contributed by atoms with Gasteiger partial charge < -0.3 is 23.9 Å². The summed E-state index contributed by atoms with van der Waals surface area (Å²) in [4.78, 5) is 17.0. The Kier molecular flexibility index (Phi) is 4.57. The van der Waals surface area contributed by atoms with Gasteiger partial charge in [0.15, 0.2) is 11.5 Å². The van der Waals surface area contributed by atoms with Gasteiger partial charge in [0.2, 0.25) is 18.5 Å². The van der Waals surface area contributed by atoms with E-state index in [1.165, 1.54) is 0 Å². The van der Waals surface area contributed by atoms with E-state index in [4.69, 9.17) is 19.3 Å². The number of nitrogens with one attached hydrogen (secondary N) is 1. The number of aromatic nitrogens is 3. The lowest BCUT2D eigenvalue weighted by molar-refractivity contribution is -0.116. The lowest BCUT2D eigenvalue weighted by atomic mass is 10.2. The Balaban J connectivity index is 1.33. The molecule has 0 saturated carbocycles. The summed E-state index contributed by atoms with van der Waals surface area (Å²) in [7, 11) is 0. The molecule has 0 fully saturated rings. The zero-order chi connectivity index (χ0) is 21.2. The highest BCUT2D eigenvalue weighted by Gasteiger charge is 2.19. The molecule has 0 aliphatic carbocycles. The summed E-state index contributed by atoms with van der Waals surface area (Å²) in [5, 5.41) is 15.8. The minimum absolute atomic E-state index is 0.0425. The molecule has 0 saturated heterocycles. The number of amides is 1. The summed E-state index contributed by atoms with van der Waals surface area (Å²) in [5.41, 5.74) is 2.37. The second-order valence-electron chi connectivity index (χ2n) is 6.75. The fourth-order valence-corrected chi connectivity index (χ4v) is 3.25. The second kappa shape index (κ2) is 7.68. The van der Waals surface area contributed by atoms with Crippen LogP contribution in [-0.2, 0) is 11.3 Å². The van der Waals surface area contributed by atoms with E-state index in [-0.39, 0.29) is 25.1 Å². The molecule has 1 aliphatic rings. The fraction of sp³-hybridized carbons (Fsp3) is 0.0909. The molecule has 152 valence electrons. The molecule has 31 heavy (non-hydrogen) atoms. The van der Waals surface area contributed by atoms with Gasteiger partial charge in [-0.1, -0.05) is 11.2 Å². The Morgan fingerprint density at radius 1 is 1.13 bits per heavy atom. The van der Waals surface area contributed by atoms with Crippen molar-refractivity contribution in [1.29, 1.82) is 5.26 Å². The van der Waals surface area contributed by atoms with E-state index in [0.717, 1.165) is 5.56 Å². The number of rotatable bonds is 5. The van der Waals surface area contributed by atoms with Gasteiger partial charge in [0.1, 0.15) is 12.2 Å². The van der Waals surface area contributed by atoms with Crippen LogP contribution >= 0.6 is 0 Å². The molecule has 2 aromatic heterocycles. The largest absolute Gasteiger partial charge is 0.454 e. The molecule has 3 heterocycles. The molecule has 9 heteroatoms. The van der Waals surface area contributed by atoms with Crippen LogP contribution in [0.25, 0.3) is 23.0 Å². The number of nitriles is 1. The molecule has 0 atom stereocenters. The van der Waals surface area contributed by atoms with Crippen LogP contribution in [0.5, 0.6) is 11.5 Å². The Morgan fingerprint density at radius 2 is 2.03 bits per heavy atom. The standard InChI is InChI=1S/C22H15N5O4/c23-11-14-3-1-4-16(9-14)24-20(28)12-27-8-2-5-17(27)22-25-21(26-31-22)15-6-7-18-19(10-15)30-13-29-18/h1-10H,12-13H2,(H,24,28). The quantitative estimate of drug-likeness (QED) is 0.533.